The maximum Gasteiger partial charge on any atom is 0.279 e. The lowest BCUT2D eigenvalue weighted by molar-refractivity contribution is -0.112. The number of halogens is 1. The topological polar surface area (TPSA) is 75.2 Å². The second-order valence-corrected chi connectivity index (χ2v) is 7.25. The molecule has 0 N–H and O–H groups in total. The summed E-state index contributed by atoms with van der Waals surface area (Å²) < 4.78 is 19.1. The van der Waals surface area contributed by atoms with Gasteiger partial charge in [0.25, 0.3) is 5.91 Å². The Kier molecular flexibility index (Phi) is 4.91. The summed E-state index contributed by atoms with van der Waals surface area (Å²) in [5.41, 5.74) is 2.57. The van der Waals surface area contributed by atoms with Gasteiger partial charge in [-0.3, -0.25) is 9.59 Å². The molecule has 1 aliphatic heterocycles. The number of hydrogen-bond donors (Lipinski definition) is 0. The molecule has 32 heavy (non-hydrogen) atoms. The first-order valence-electron chi connectivity index (χ1n) is 9.89. The molecule has 5 rings (SSSR count). The molecule has 0 spiro atoms. The van der Waals surface area contributed by atoms with Crippen molar-refractivity contribution < 1.29 is 13.6 Å². The van der Waals surface area contributed by atoms with Crippen molar-refractivity contribution in [3.63, 3.8) is 0 Å². The van der Waals surface area contributed by atoms with E-state index in [0.717, 1.165) is 0 Å². The highest BCUT2D eigenvalue weighted by atomic mass is 19.1. The van der Waals surface area contributed by atoms with E-state index in [9.17, 15) is 14.0 Å². The highest BCUT2D eigenvalue weighted by molar-refractivity contribution is 6.54. The number of para-hydroxylation sites is 2. The lowest BCUT2D eigenvalue weighted by atomic mass is 10.1. The Morgan fingerprint density at radius 3 is 2.66 bits per heavy atom. The van der Waals surface area contributed by atoms with E-state index in [1.165, 1.54) is 29.5 Å². The minimum atomic E-state index is -0.366. The fourth-order valence-corrected chi connectivity index (χ4v) is 3.66. The number of carbonyl (C=O) groups excluding carboxylic acids is 1. The van der Waals surface area contributed by atoms with Crippen LogP contribution < -0.4 is 10.3 Å². The van der Waals surface area contributed by atoms with E-state index in [1.54, 1.807) is 54.6 Å². The molecular formula is C25H16FN3O3. The summed E-state index contributed by atoms with van der Waals surface area (Å²) in [5.74, 6) is -0.715. The summed E-state index contributed by atoms with van der Waals surface area (Å²) in [6.07, 6.45) is 2.59. The predicted octanol–water partition coefficient (Wildman–Crippen LogP) is 4.30. The zero-order chi connectivity index (χ0) is 22.1. The van der Waals surface area contributed by atoms with Crippen LogP contribution >= 0.6 is 0 Å². The van der Waals surface area contributed by atoms with Crippen LogP contribution in [0.1, 0.15) is 16.7 Å². The Balaban J connectivity index is 1.48. The van der Waals surface area contributed by atoms with E-state index in [1.807, 2.05) is 6.07 Å². The molecule has 4 aromatic rings. The van der Waals surface area contributed by atoms with Crippen molar-refractivity contribution in [2.24, 2.45) is 10.2 Å². The van der Waals surface area contributed by atoms with Gasteiger partial charge >= 0.3 is 0 Å². The summed E-state index contributed by atoms with van der Waals surface area (Å²) in [4.78, 5) is 27.2. The lowest BCUT2D eigenvalue weighted by Gasteiger charge is -2.16. The molecule has 2 heterocycles. The number of fused-ring (bicyclic) bond motifs is 2. The van der Waals surface area contributed by atoms with Crippen LogP contribution in [0, 0.1) is 5.82 Å². The third-order valence-corrected chi connectivity index (χ3v) is 5.19. The van der Waals surface area contributed by atoms with E-state index < -0.39 is 0 Å². The Bertz CT molecular complexity index is 1470. The van der Waals surface area contributed by atoms with E-state index in [2.05, 4.69) is 10.2 Å². The average Bonchev–Trinajstić information content (AvgIpc) is 3.07. The smallest absolute Gasteiger partial charge is 0.279 e. The number of carbonyl (C=O) groups is 1. The summed E-state index contributed by atoms with van der Waals surface area (Å²) in [5, 5.41) is 8.54. The number of rotatable bonds is 4. The predicted molar refractivity (Wildman–Crippen MR) is 121 cm³/mol. The fourth-order valence-electron chi connectivity index (χ4n) is 3.66. The van der Waals surface area contributed by atoms with E-state index >= 15 is 0 Å². The molecule has 0 bridgehead atoms. The van der Waals surface area contributed by atoms with E-state index in [4.69, 9.17) is 4.42 Å². The standard InChI is InChI=1S/C25H16FN3O3/c26-18-7-5-6-16(12-18)14-29-21-10-3-1-8-19(21)23(25(29)31)28-27-13-17-15-32-22-11-4-2-9-20(22)24(17)30/h1-13,15H,14H2/b27-13+,28-23-. The normalized spacial score (nSPS) is 14.6. The molecule has 156 valence electrons. The Morgan fingerprint density at radius 1 is 0.969 bits per heavy atom. The van der Waals surface area contributed by atoms with Crippen LogP contribution in [-0.4, -0.2) is 17.8 Å². The zero-order valence-corrected chi connectivity index (χ0v) is 16.7. The Hall–Kier alpha value is -4.39. The number of nitrogens with zero attached hydrogens (tertiary/aromatic N) is 3. The van der Waals surface area contributed by atoms with Crippen molar-refractivity contribution in [2.45, 2.75) is 6.54 Å². The van der Waals surface area contributed by atoms with Gasteiger partial charge in [0.2, 0.25) is 5.43 Å². The van der Waals surface area contributed by atoms with Crippen molar-refractivity contribution in [1.82, 2.24) is 0 Å². The maximum absolute atomic E-state index is 13.6. The molecule has 0 aliphatic carbocycles. The molecule has 0 fully saturated rings. The van der Waals surface area contributed by atoms with Crippen molar-refractivity contribution >= 4 is 34.5 Å². The molecule has 0 saturated carbocycles. The number of anilines is 1. The first-order valence-corrected chi connectivity index (χ1v) is 9.89. The van der Waals surface area contributed by atoms with Gasteiger partial charge in [0.1, 0.15) is 17.7 Å². The Morgan fingerprint density at radius 2 is 1.78 bits per heavy atom. The molecule has 0 atom stereocenters. The minimum absolute atomic E-state index is 0.151. The van der Waals surface area contributed by atoms with Crippen LogP contribution in [0.25, 0.3) is 11.0 Å². The van der Waals surface area contributed by atoms with Crippen LogP contribution in [0.5, 0.6) is 0 Å². The maximum atomic E-state index is 13.6. The molecule has 1 aliphatic rings. The number of benzene rings is 3. The fraction of sp³-hybridized carbons (Fsp3) is 0.0400. The number of amides is 1. The molecule has 6 nitrogen and oxygen atoms in total. The molecule has 0 unspecified atom stereocenters. The summed E-state index contributed by atoms with van der Waals surface area (Å²) in [7, 11) is 0. The first-order chi connectivity index (χ1) is 15.6. The van der Waals surface area contributed by atoms with Crippen LogP contribution in [0.2, 0.25) is 0 Å². The van der Waals surface area contributed by atoms with Gasteiger partial charge in [-0.2, -0.15) is 5.10 Å². The van der Waals surface area contributed by atoms with E-state index in [-0.39, 0.29) is 35.0 Å². The van der Waals surface area contributed by atoms with Gasteiger partial charge in [0, 0.05) is 5.56 Å². The third-order valence-electron chi connectivity index (χ3n) is 5.19. The van der Waals surface area contributed by atoms with Crippen molar-refractivity contribution in [2.75, 3.05) is 4.90 Å². The zero-order valence-electron chi connectivity index (χ0n) is 16.7. The third kappa shape index (κ3) is 3.50. The molecule has 7 heteroatoms. The van der Waals surface area contributed by atoms with Crippen LogP contribution in [0.15, 0.2) is 98.5 Å². The van der Waals surface area contributed by atoms with Crippen LogP contribution in [-0.2, 0) is 11.3 Å². The lowest BCUT2D eigenvalue weighted by Crippen LogP contribution is -2.29. The highest BCUT2D eigenvalue weighted by Gasteiger charge is 2.33. The second kappa shape index (κ2) is 8.03. The van der Waals surface area contributed by atoms with Gasteiger partial charge in [-0.1, -0.05) is 42.5 Å². The SMILES string of the molecule is O=C1/C(=N\N=C\c2coc3ccccc3c2=O)c2ccccc2N1Cc1cccc(F)c1. The van der Waals surface area contributed by atoms with Crippen molar-refractivity contribution in [3.05, 3.63) is 112 Å². The largest absolute Gasteiger partial charge is 0.463 e. The molecule has 3 aromatic carbocycles. The Labute approximate surface area is 181 Å². The molecule has 1 aromatic heterocycles. The minimum Gasteiger partial charge on any atom is -0.463 e. The van der Waals surface area contributed by atoms with Gasteiger partial charge in [0.15, 0.2) is 5.71 Å². The van der Waals surface area contributed by atoms with Crippen LogP contribution in [0.3, 0.4) is 0 Å². The monoisotopic (exact) mass is 425 g/mol. The molecular weight excluding hydrogens is 409 g/mol. The summed E-state index contributed by atoms with van der Waals surface area (Å²) in [6, 6.07) is 20.2. The van der Waals surface area contributed by atoms with Crippen molar-refractivity contribution in [3.8, 4) is 0 Å². The second-order valence-electron chi connectivity index (χ2n) is 7.25. The van der Waals surface area contributed by atoms with Gasteiger partial charge < -0.3 is 9.32 Å². The molecule has 1 amide bonds. The number of hydrogen-bond acceptors (Lipinski definition) is 5. The van der Waals surface area contributed by atoms with Gasteiger partial charge in [0.05, 0.1) is 29.4 Å². The van der Waals surface area contributed by atoms with Gasteiger partial charge in [-0.05, 0) is 35.9 Å². The average molecular weight is 425 g/mol. The molecule has 0 radical (unpaired) electrons. The summed E-state index contributed by atoms with van der Waals surface area (Å²) in [6.45, 7) is 0.199. The first kappa shape index (κ1) is 19.6. The quantitative estimate of drug-likeness (QED) is 0.361. The van der Waals surface area contributed by atoms with Gasteiger partial charge in [-0.25, -0.2) is 4.39 Å². The van der Waals surface area contributed by atoms with E-state index in [0.29, 0.717) is 27.8 Å². The van der Waals surface area contributed by atoms with Crippen LogP contribution in [0.4, 0.5) is 10.1 Å². The van der Waals surface area contributed by atoms with Crippen molar-refractivity contribution in [1.29, 1.82) is 0 Å². The summed E-state index contributed by atoms with van der Waals surface area (Å²) >= 11 is 0. The van der Waals surface area contributed by atoms with Gasteiger partial charge in [-0.15, -0.1) is 5.10 Å². The molecule has 0 saturated heterocycles. The highest BCUT2D eigenvalue weighted by Crippen LogP contribution is 2.30.